The molecule has 14 heavy (non-hydrogen) atoms. The third-order valence-corrected chi connectivity index (χ3v) is 2.04. The summed E-state index contributed by atoms with van der Waals surface area (Å²) in [5.74, 6) is -0.975. The number of para-hydroxylation sites is 1. The van der Waals surface area contributed by atoms with Crippen molar-refractivity contribution in [2.24, 2.45) is 5.92 Å². The highest BCUT2D eigenvalue weighted by Crippen LogP contribution is 2.07. The Balaban J connectivity index is 2.62. The van der Waals surface area contributed by atoms with Crippen LogP contribution in [0.25, 0.3) is 0 Å². The van der Waals surface area contributed by atoms with Gasteiger partial charge in [-0.2, -0.15) is 0 Å². The average Bonchev–Trinajstić information content (AvgIpc) is 2.18. The first-order valence-corrected chi connectivity index (χ1v) is 4.47. The molecule has 0 unspecified atom stereocenters. The van der Waals surface area contributed by atoms with Crippen molar-refractivity contribution in [2.45, 2.75) is 13.8 Å². The molecule has 1 N–H and O–H groups in total. The molecule has 0 saturated carbocycles. The Morgan fingerprint density at radius 3 is 2.29 bits per heavy atom. The van der Waals surface area contributed by atoms with E-state index in [9.17, 15) is 9.59 Å². The number of nitrogens with one attached hydrogen (secondary N) is 1. The molecule has 1 amide bonds. The molecular weight excluding hydrogens is 178 g/mol. The highest BCUT2D eigenvalue weighted by Gasteiger charge is 2.16. The lowest BCUT2D eigenvalue weighted by atomic mass is 10.1. The molecule has 0 spiro atoms. The highest BCUT2D eigenvalue weighted by atomic mass is 16.2. The monoisotopic (exact) mass is 191 g/mol. The largest absolute Gasteiger partial charge is 0.325 e. The fourth-order valence-corrected chi connectivity index (χ4v) is 0.957. The van der Waals surface area contributed by atoms with Gasteiger partial charge in [-0.15, -0.1) is 0 Å². The van der Waals surface area contributed by atoms with Crippen LogP contribution in [0.5, 0.6) is 0 Å². The zero-order chi connectivity index (χ0) is 10.6. The summed E-state index contributed by atoms with van der Waals surface area (Å²) < 4.78 is 0. The third kappa shape index (κ3) is 2.69. The zero-order valence-electron chi connectivity index (χ0n) is 8.28. The first-order valence-electron chi connectivity index (χ1n) is 4.47. The predicted molar refractivity (Wildman–Crippen MR) is 54.9 cm³/mol. The first kappa shape index (κ1) is 10.4. The van der Waals surface area contributed by atoms with Crippen molar-refractivity contribution in [3.05, 3.63) is 30.3 Å². The number of hydrogen-bond acceptors (Lipinski definition) is 2. The van der Waals surface area contributed by atoms with Crippen LogP contribution in [0.1, 0.15) is 13.8 Å². The topological polar surface area (TPSA) is 46.2 Å². The van der Waals surface area contributed by atoms with Crippen molar-refractivity contribution in [3.63, 3.8) is 0 Å². The predicted octanol–water partition coefficient (Wildman–Crippen LogP) is 1.85. The van der Waals surface area contributed by atoms with E-state index in [0.717, 1.165) is 0 Å². The van der Waals surface area contributed by atoms with Crippen LogP contribution in [-0.2, 0) is 9.59 Å². The van der Waals surface area contributed by atoms with E-state index in [0.29, 0.717) is 5.69 Å². The van der Waals surface area contributed by atoms with Crippen molar-refractivity contribution in [3.8, 4) is 0 Å². The van der Waals surface area contributed by atoms with Crippen molar-refractivity contribution in [1.82, 2.24) is 0 Å². The third-order valence-electron chi connectivity index (χ3n) is 2.04. The Hall–Kier alpha value is -1.64. The van der Waals surface area contributed by atoms with Crippen LogP contribution in [0.15, 0.2) is 30.3 Å². The van der Waals surface area contributed by atoms with Gasteiger partial charge >= 0.3 is 0 Å². The minimum atomic E-state index is -0.588. The van der Waals surface area contributed by atoms with E-state index in [1.165, 1.54) is 6.92 Å². The minimum Gasteiger partial charge on any atom is -0.325 e. The van der Waals surface area contributed by atoms with Crippen LogP contribution in [0, 0.1) is 5.92 Å². The molecule has 74 valence electrons. The Bertz CT molecular complexity index is 332. The van der Waals surface area contributed by atoms with Gasteiger partial charge < -0.3 is 5.32 Å². The second-order valence-electron chi connectivity index (χ2n) is 3.19. The molecule has 0 fully saturated rings. The second-order valence-corrected chi connectivity index (χ2v) is 3.19. The van der Waals surface area contributed by atoms with E-state index in [-0.39, 0.29) is 11.7 Å². The quantitative estimate of drug-likeness (QED) is 0.741. The van der Waals surface area contributed by atoms with E-state index in [4.69, 9.17) is 0 Å². The molecule has 0 aliphatic heterocycles. The number of amides is 1. The summed E-state index contributed by atoms with van der Waals surface area (Å²) in [7, 11) is 0. The van der Waals surface area contributed by atoms with Gasteiger partial charge in [-0.05, 0) is 26.0 Å². The smallest absolute Gasteiger partial charge is 0.234 e. The van der Waals surface area contributed by atoms with Crippen molar-refractivity contribution in [2.75, 3.05) is 5.32 Å². The van der Waals surface area contributed by atoms with Gasteiger partial charge in [0.15, 0.2) is 0 Å². The number of ketones is 1. The van der Waals surface area contributed by atoms with E-state index in [1.807, 2.05) is 18.2 Å². The number of Topliss-reactive ketones (excluding diaryl/α,β-unsaturated/α-hetero) is 1. The van der Waals surface area contributed by atoms with E-state index in [1.54, 1.807) is 19.1 Å². The molecule has 0 saturated heterocycles. The molecule has 0 aromatic heterocycles. The van der Waals surface area contributed by atoms with Crippen molar-refractivity contribution < 1.29 is 9.59 Å². The van der Waals surface area contributed by atoms with Gasteiger partial charge in [0.05, 0.1) is 5.92 Å². The molecule has 1 aromatic carbocycles. The molecule has 0 aliphatic rings. The first-order chi connectivity index (χ1) is 6.61. The Labute approximate surface area is 83.1 Å². The molecule has 1 atom stereocenters. The van der Waals surface area contributed by atoms with Gasteiger partial charge in [0.2, 0.25) is 5.91 Å². The Morgan fingerprint density at radius 2 is 1.79 bits per heavy atom. The van der Waals surface area contributed by atoms with Crippen LogP contribution >= 0.6 is 0 Å². The fourth-order valence-electron chi connectivity index (χ4n) is 0.957. The molecule has 1 rings (SSSR count). The van der Waals surface area contributed by atoms with Crippen LogP contribution in [0.4, 0.5) is 5.69 Å². The summed E-state index contributed by atoms with van der Waals surface area (Å²) in [6.07, 6.45) is 0. The van der Waals surface area contributed by atoms with Crippen molar-refractivity contribution in [1.29, 1.82) is 0 Å². The number of anilines is 1. The number of benzene rings is 1. The summed E-state index contributed by atoms with van der Waals surface area (Å²) in [4.78, 5) is 22.3. The maximum absolute atomic E-state index is 11.4. The number of carbonyl (C=O) groups is 2. The van der Waals surface area contributed by atoms with Crippen LogP contribution in [-0.4, -0.2) is 11.7 Å². The van der Waals surface area contributed by atoms with Gasteiger partial charge in [0.1, 0.15) is 5.78 Å². The lowest BCUT2D eigenvalue weighted by Gasteiger charge is -2.08. The molecule has 3 heteroatoms. The van der Waals surface area contributed by atoms with E-state index < -0.39 is 5.92 Å². The van der Waals surface area contributed by atoms with E-state index >= 15 is 0 Å². The van der Waals surface area contributed by atoms with Gasteiger partial charge in [0.25, 0.3) is 0 Å². The molecule has 0 heterocycles. The summed E-state index contributed by atoms with van der Waals surface area (Å²) >= 11 is 0. The normalized spacial score (nSPS) is 11.9. The van der Waals surface area contributed by atoms with Gasteiger partial charge in [-0.3, -0.25) is 9.59 Å². The summed E-state index contributed by atoms with van der Waals surface area (Å²) in [6, 6.07) is 9.08. The highest BCUT2D eigenvalue weighted by molar-refractivity contribution is 6.06. The second kappa shape index (κ2) is 4.56. The van der Waals surface area contributed by atoms with Crippen LogP contribution in [0.2, 0.25) is 0 Å². The lowest BCUT2D eigenvalue weighted by Crippen LogP contribution is -2.25. The van der Waals surface area contributed by atoms with Crippen LogP contribution in [0.3, 0.4) is 0 Å². The standard InChI is InChI=1S/C11H13NO2/c1-8(9(2)13)11(14)12-10-6-4-3-5-7-10/h3-8H,1-2H3,(H,12,14)/t8-/m0/s1. The summed E-state index contributed by atoms with van der Waals surface area (Å²) in [6.45, 7) is 3.01. The number of hydrogen-bond donors (Lipinski definition) is 1. The number of carbonyl (C=O) groups excluding carboxylic acids is 2. The van der Waals surface area contributed by atoms with Gasteiger partial charge in [-0.25, -0.2) is 0 Å². The van der Waals surface area contributed by atoms with Gasteiger partial charge in [0, 0.05) is 5.69 Å². The average molecular weight is 191 g/mol. The SMILES string of the molecule is CC(=O)[C@H](C)C(=O)Nc1ccccc1. The molecular formula is C11H13NO2. The molecule has 1 aromatic rings. The Morgan fingerprint density at radius 1 is 1.21 bits per heavy atom. The fraction of sp³-hybridized carbons (Fsp3) is 0.273. The van der Waals surface area contributed by atoms with E-state index in [2.05, 4.69) is 5.32 Å². The number of rotatable bonds is 3. The summed E-state index contributed by atoms with van der Waals surface area (Å²) in [5.41, 5.74) is 0.714. The molecule has 3 nitrogen and oxygen atoms in total. The minimum absolute atomic E-state index is 0.126. The molecule has 0 aliphatic carbocycles. The van der Waals surface area contributed by atoms with Crippen molar-refractivity contribution >= 4 is 17.4 Å². The molecule has 0 bridgehead atoms. The maximum Gasteiger partial charge on any atom is 0.234 e. The molecule has 0 radical (unpaired) electrons. The van der Waals surface area contributed by atoms with Crippen LogP contribution < -0.4 is 5.32 Å². The van der Waals surface area contributed by atoms with Gasteiger partial charge in [-0.1, -0.05) is 18.2 Å². The maximum atomic E-state index is 11.4. The Kier molecular flexibility index (Phi) is 3.40. The zero-order valence-corrected chi connectivity index (χ0v) is 8.28. The summed E-state index contributed by atoms with van der Waals surface area (Å²) in [5, 5.41) is 2.66. The lowest BCUT2D eigenvalue weighted by molar-refractivity contribution is -0.129.